The fourth-order valence-electron chi connectivity index (χ4n) is 5.34. The normalized spacial score (nSPS) is 20.1. The first-order valence-corrected chi connectivity index (χ1v) is 13.1. The van der Waals surface area contributed by atoms with Gasteiger partial charge in [0.05, 0.1) is 53.5 Å². The standard InChI is InChI=1S/C27H32FN7O3/c1-16(2)37-26-18-6-7-23-20-11-19(22(28)12-24(20)31-30-23)21-13-29-33(3)27(21)38-17-5-4-8-34(14-17)15-25(18)35(32-26)9-10-36/h6-7,11-13,16-17,36H,4-5,8-10,14-15H2,1-3H3,(H,30,31)/b7-6+/t17-/m1/s1. The highest BCUT2D eigenvalue weighted by atomic mass is 19.1. The Kier molecular flexibility index (Phi) is 6.40. The van der Waals surface area contributed by atoms with Gasteiger partial charge in [-0.05, 0) is 51.5 Å². The zero-order chi connectivity index (χ0) is 26.4. The van der Waals surface area contributed by atoms with Crippen molar-refractivity contribution in [1.82, 2.24) is 34.7 Å². The number of H-pyrrole nitrogens is 1. The molecule has 4 bridgehead atoms. The molecule has 2 atom stereocenters. The molecule has 1 saturated heterocycles. The predicted molar refractivity (Wildman–Crippen MR) is 141 cm³/mol. The summed E-state index contributed by atoms with van der Waals surface area (Å²) < 4.78 is 31.4. The fraction of sp³-hybridized carbons (Fsp3) is 0.444. The minimum atomic E-state index is -0.371. The van der Waals surface area contributed by atoms with E-state index in [4.69, 9.17) is 14.6 Å². The lowest BCUT2D eigenvalue weighted by molar-refractivity contribution is 0.0762. The van der Waals surface area contributed by atoms with Crippen molar-refractivity contribution in [3.05, 3.63) is 41.1 Å². The van der Waals surface area contributed by atoms with Crippen LogP contribution in [0.15, 0.2) is 18.3 Å². The van der Waals surface area contributed by atoms with Gasteiger partial charge in [0.2, 0.25) is 11.8 Å². The van der Waals surface area contributed by atoms with Gasteiger partial charge in [-0.3, -0.25) is 14.7 Å². The number of fused-ring (bicyclic) bond motifs is 6. The lowest BCUT2D eigenvalue weighted by atomic mass is 10.0. The highest BCUT2D eigenvalue weighted by Gasteiger charge is 2.28. The second-order valence-electron chi connectivity index (χ2n) is 10.2. The van der Waals surface area contributed by atoms with Crippen LogP contribution in [0.3, 0.4) is 0 Å². The number of aryl methyl sites for hydroxylation is 1. The number of halogens is 1. The number of rotatable bonds is 4. The maximum absolute atomic E-state index is 15.3. The van der Waals surface area contributed by atoms with Crippen LogP contribution in [0.4, 0.5) is 4.39 Å². The van der Waals surface area contributed by atoms with Gasteiger partial charge in [0, 0.05) is 37.2 Å². The highest BCUT2D eigenvalue weighted by Crippen LogP contribution is 2.36. The Morgan fingerprint density at radius 1 is 1.26 bits per heavy atom. The summed E-state index contributed by atoms with van der Waals surface area (Å²) in [6, 6.07) is 3.26. The summed E-state index contributed by atoms with van der Waals surface area (Å²) in [7, 11) is 1.81. The number of aromatic nitrogens is 6. The number of aliphatic hydroxyl groups is 1. The Morgan fingerprint density at radius 2 is 2.13 bits per heavy atom. The van der Waals surface area contributed by atoms with E-state index in [0.29, 0.717) is 53.7 Å². The molecule has 200 valence electrons. The van der Waals surface area contributed by atoms with Gasteiger partial charge in [-0.15, -0.1) is 5.10 Å². The number of hydrogen-bond acceptors (Lipinski definition) is 7. The largest absolute Gasteiger partial charge is 0.473 e. The number of piperidine rings is 1. The molecule has 0 saturated carbocycles. The van der Waals surface area contributed by atoms with Crippen molar-refractivity contribution in [3.63, 3.8) is 0 Å². The molecule has 4 aromatic rings. The van der Waals surface area contributed by atoms with Crippen LogP contribution in [0.25, 0.3) is 34.2 Å². The topological polar surface area (TPSA) is 106 Å². The van der Waals surface area contributed by atoms with Gasteiger partial charge in [0.1, 0.15) is 11.9 Å². The van der Waals surface area contributed by atoms with Crippen molar-refractivity contribution in [2.45, 2.75) is 52.0 Å². The first kappa shape index (κ1) is 24.6. The number of nitrogens with zero attached hydrogens (tertiary/aromatic N) is 6. The van der Waals surface area contributed by atoms with Crippen LogP contribution in [-0.4, -0.2) is 71.7 Å². The van der Waals surface area contributed by atoms with Gasteiger partial charge in [-0.1, -0.05) is 0 Å². The second kappa shape index (κ2) is 9.88. The van der Waals surface area contributed by atoms with E-state index >= 15 is 4.39 Å². The van der Waals surface area contributed by atoms with Gasteiger partial charge in [0.25, 0.3) is 0 Å². The van der Waals surface area contributed by atoms with Gasteiger partial charge in [0.15, 0.2) is 0 Å². The first-order chi connectivity index (χ1) is 18.4. The number of hydrogen-bond donors (Lipinski definition) is 2. The summed E-state index contributed by atoms with van der Waals surface area (Å²) in [6.45, 7) is 6.46. The summed E-state index contributed by atoms with van der Waals surface area (Å²) in [5.74, 6) is 0.687. The van der Waals surface area contributed by atoms with Crippen LogP contribution in [0.5, 0.6) is 11.8 Å². The van der Waals surface area contributed by atoms with E-state index in [9.17, 15) is 5.11 Å². The quantitative estimate of drug-likeness (QED) is 0.423. The van der Waals surface area contributed by atoms with Crippen molar-refractivity contribution in [3.8, 4) is 22.9 Å². The lowest BCUT2D eigenvalue weighted by Crippen LogP contribution is -2.41. The van der Waals surface area contributed by atoms with Crippen molar-refractivity contribution < 1.29 is 19.0 Å². The third-order valence-electron chi connectivity index (χ3n) is 7.10. The zero-order valence-electron chi connectivity index (χ0n) is 21.8. The average molecular weight is 522 g/mol. The third kappa shape index (κ3) is 4.45. The molecule has 5 heterocycles. The van der Waals surface area contributed by atoms with Gasteiger partial charge in [-0.2, -0.15) is 10.2 Å². The van der Waals surface area contributed by atoms with E-state index in [-0.39, 0.29) is 24.6 Å². The van der Waals surface area contributed by atoms with Crippen molar-refractivity contribution in [1.29, 1.82) is 0 Å². The van der Waals surface area contributed by atoms with E-state index in [2.05, 4.69) is 20.2 Å². The maximum atomic E-state index is 15.3. The highest BCUT2D eigenvalue weighted by molar-refractivity contribution is 5.93. The van der Waals surface area contributed by atoms with Crippen LogP contribution in [-0.2, 0) is 20.1 Å². The molecular formula is C27H32FN7O3. The van der Waals surface area contributed by atoms with Crippen LogP contribution in [0, 0.1) is 5.82 Å². The molecule has 38 heavy (non-hydrogen) atoms. The molecule has 6 rings (SSSR count). The molecular weight excluding hydrogens is 489 g/mol. The Morgan fingerprint density at radius 3 is 2.95 bits per heavy atom. The van der Waals surface area contributed by atoms with Gasteiger partial charge >= 0.3 is 0 Å². The summed E-state index contributed by atoms with van der Waals surface area (Å²) in [6.07, 6.45) is 7.21. The molecule has 3 aromatic heterocycles. The van der Waals surface area contributed by atoms with E-state index in [1.807, 2.05) is 37.7 Å². The molecule has 0 amide bonds. The molecule has 10 nitrogen and oxygen atoms in total. The molecule has 1 unspecified atom stereocenters. The number of benzene rings is 1. The Balaban J connectivity index is 1.55. The third-order valence-corrected chi connectivity index (χ3v) is 7.10. The first-order valence-electron chi connectivity index (χ1n) is 13.1. The summed E-state index contributed by atoms with van der Waals surface area (Å²) in [5, 5.41) is 27.1. The van der Waals surface area contributed by atoms with Crippen molar-refractivity contribution >= 4 is 23.1 Å². The van der Waals surface area contributed by atoms with E-state index in [0.717, 1.165) is 36.0 Å². The van der Waals surface area contributed by atoms with E-state index in [1.54, 1.807) is 16.9 Å². The number of nitrogens with one attached hydrogen (secondary N) is 1. The molecule has 2 aliphatic heterocycles. The van der Waals surface area contributed by atoms with Gasteiger partial charge < -0.3 is 14.6 Å². The molecule has 1 fully saturated rings. The van der Waals surface area contributed by atoms with Gasteiger partial charge in [-0.25, -0.2) is 9.07 Å². The van der Waals surface area contributed by atoms with Crippen molar-refractivity contribution in [2.24, 2.45) is 7.05 Å². The lowest BCUT2D eigenvalue weighted by Gasteiger charge is -2.33. The van der Waals surface area contributed by atoms with Crippen molar-refractivity contribution in [2.75, 3.05) is 19.7 Å². The van der Waals surface area contributed by atoms with E-state index in [1.165, 1.54) is 6.07 Å². The number of ether oxygens (including phenoxy) is 2. The Bertz CT molecular complexity index is 1500. The molecule has 0 radical (unpaired) electrons. The summed E-state index contributed by atoms with van der Waals surface area (Å²) in [5.41, 5.74) is 4.09. The summed E-state index contributed by atoms with van der Waals surface area (Å²) in [4.78, 5) is 2.33. The van der Waals surface area contributed by atoms with Crippen LogP contribution in [0.1, 0.15) is 43.6 Å². The fourth-order valence-corrected chi connectivity index (χ4v) is 5.34. The second-order valence-corrected chi connectivity index (χ2v) is 10.2. The van der Waals surface area contributed by atoms with Crippen LogP contribution < -0.4 is 9.47 Å². The predicted octanol–water partition coefficient (Wildman–Crippen LogP) is 3.61. The van der Waals surface area contributed by atoms with E-state index < -0.39 is 0 Å². The number of aromatic amines is 1. The minimum Gasteiger partial charge on any atom is -0.473 e. The van der Waals surface area contributed by atoms with Crippen LogP contribution >= 0.6 is 0 Å². The Hall–Kier alpha value is -3.70. The molecule has 1 aromatic carbocycles. The monoisotopic (exact) mass is 521 g/mol. The smallest absolute Gasteiger partial charge is 0.240 e. The zero-order valence-corrected chi connectivity index (χ0v) is 21.8. The molecule has 11 heteroatoms. The Labute approximate surface area is 219 Å². The molecule has 2 aliphatic rings. The molecule has 2 N–H and O–H groups in total. The minimum absolute atomic E-state index is 0.0354. The maximum Gasteiger partial charge on any atom is 0.240 e. The SMILES string of the molecule is CC(C)Oc1nn(CCO)c2c1/C=C/c1n[nH]c3cc(F)c(cc13)-c1cnn(C)c1O[C@@H]1CCCN(C2)C1. The molecule has 0 aliphatic carbocycles. The molecule has 0 spiro atoms. The van der Waals surface area contributed by atoms with Crippen LogP contribution in [0.2, 0.25) is 0 Å². The number of aliphatic hydroxyl groups excluding tert-OH is 1. The average Bonchev–Trinajstić information content (AvgIpc) is 3.53. The summed E-state index contributed by atoms with van der Waals surface area (Å²) >= 11 is 0.